The summed E-state index contributed by atoms with van der Waals surface area (Å²) in [5.74, 6) is 0.426. The van der Waals surface area contributed by atoms with Gasteiger partial charge in [0.15, 0.2) is 5.13 Å². The third-order valence-corrected chi connectivity index (χ3v) is 5.79. The van der Waals surface area contributed by atoms with Gasteiger partial charge >= 0.3 is 0 Å². The number of thiazole rings is 1. The largest absolute Gasteiger partial charge is 0.301 e. The number of carbonyl (C=O) groups is 1. The number of hydrogen-bond donors (Lipinski definition) is 1. The Hall–Kier alpha value is -2.20. The Kier molecular flexibility index (Phi) is 4.30. The van der Waals surface area contributed by atoms with Crippen LogP contribution in [0.1, 0.15) is 37.2 Å². The van der Waals surface area contributed by atoms with Crippen LogP contribution in [-0.4, -0.2) is 10.9 Å². The highest BCUT2D eigenvalue weighted by molar-refractivity contribution is 7.22. The summed E-state index contributed by atoms with van der Waals surface area (Å²) in [6, 6.07) is 18.2. The number of amides is 1. The van der Waals surface area contributed by atoms with Crippen molar-refractivity contribution in [1.29, 1.82) is 0 Å². The van der Waals surface area contributed by atoms with Crippen molar-refractivity contribution in [3.05, 3.63) is 60.2 Å². The number of nitrogens with zero attached hydrogens (tertiary/aromatic N) is 1. The van der Waals surface area contributed by atoms with Crippen molar-refractivity contribution in [3.63, 3.8) is 0 Å². The maximum Gasteiger partial charge on any atom is 0.233 e. The fourth-order valence-electron chi connectivity index (χ4n) is 3.70. The second kappa shape index (κ2) is 6.73. The summed E-state index contributed by atoms with van der Waals surface area (Å²) >= 11 is 1.54. The van der Waals surface area contributed by atoms with Gasteiger partial charge in [0.25, 0.3) is 0 Å². The Balaban J connectivity index is 1.61. The van der Waals surface area contributed by atoms with Gasteiger partial charge in [-0.2, -0.15) is 0 Å². The zero-order valence-corrected chi connectivity index (χ0v) is 14.3. The minimum atomic E-state index is -0.0827. The predicted molar refractivity (Wildman–Crippen MR) is 99.4 cm³/mol. The molecule has 2 aromatic carbocycles. The lowest BCUT2D eigenvalue weighted by molar-refractivity contribution is -0.118. The molecule has 1 aliphatic rings. The first kappa shape index (κ1) is 15.3. The number of anilines is 1. The van der Waals surface area contributed by atoms with E-state index < -0.39 is 0 Å². The maximum atomic E-state index is 13.0. The quantitative estimate of drug-likeness (QED) is 0.710. The zero-order valence-electron chi connectivity index (χ0n) is 13.4. The molecule has 0 bridgehead atoms. The van der Waals surface area contributed by atoms with Gasteiger partial charge in [-0.25, -0.2) is 4.98 Å². The average Bonchev–Trinajstić information content (AvgIpc) is 3.25. The summed E-state index contributed by atoms with van der Waals surface area (Å²) in [4.78, 5) is 17.6. The number of rotatable bonds is 4. The van der Waals surface area contributed by atoms with E-state index in [1.165, 1.54) is 24.2 Å². The summed E-state index contributed by atoms with van der Waals surface area (Å²) in [6.07, 6.45) is 4.71. The molecular formula is C20H20N2OS. The number of hydrogen-bond acceptors (Lipinski definition) is 3. The van der Waals surface area contributed by atoms with Gasteiger partial charge in [0, 0.05) is 0 Å². The Morgan fingerprint density at radius 3 is 2.50 bits per heavy atom. The second-order valence-corrected chi connectivity index (χ2v) is 7.44. The molecule has 1 saturated carbocycles. The molecule has 1 aromatic heterocycles. The van der Waals surface area contributed by atoms with E-state index in [9.17, 15) is 4.79 Å². The number of carbonyl (C=O) groups excluding carboxylic acids is 1. The van der Waals surface area contributed by atoms with Crippen LogP contribution in [0.3, 0.4) is 0 Å². The van der Waals surface area contributed by atoms with E-state index in [1.807, 2.05) is 42.5 Å². The molecule has 1 aliphatic carbocycles. The number of nitrogens with one attached hydrogen (secondary N) is 1. The van der Waals surface area contributed by atoms with Crippen LogP contribution in [0.5, 0.6) is 0 Å². The Morgan fingerprint density at radius 2 is 1.75 bits per heavy atom. The van der Waals surface area contributed by atoms with Gasteiger partial charge in [-0.15, -0.1) is 0 Å². The van der Waals surface area contributed by atoms with Crippen molar-refractivity contribution in [2.24, 2.45) is 5.92 Å². The number of benzene rings is 2. The lowest BCUT2D eigenvalue weighted by Gasteiger charge is -2.22. The molecule has 4 rings (SSSR count). The first-order chi connectivity index (χ1) is 11.8. The van der Waals surface area contributed by atoms with E-state index in [2.05, 4.69) is 22.4 Å². The molecule has 0 radical (unpaired) electrons. The third-order valence-electron chi connectivity index (χ3n) is 4.84. The van der Waals surface area contributed by atoms with E-state index >= 15 is 0 Å². The van der Waals surface area contributed by atoms with E-state index in [-0.39, 0.29) is 11.8 Å². The predicted octanol–water partition coefficient (Wildman–Crippen LogP) is 5.21. The fourth-order valence-corrected chi connectivity index (χ4v) is 4.57. The first-order valence-corrected chi connectivity index (χ1v) is 9.34. The van der Waals surface area contributed by atoms with Crippen molar-refractivity contribution < 1.29 is 4.79 Å². The summed E-state index contributed by atoms with van der Waals surface area (Å²) < 4.78 is 1.10. The zero-order chi connectivity index (χ0) is 16.4. The smallest absolute Gasteiger partial charge is 0.233 e. The van der Waals surface area contributed by atoms with E-state index in [1.54, 1.807) is 0 Å². The summed E-state index contributed by atoms with van der Waals surface area (Å²) in [7, 11) is 0. The van der Waals surface area contributed by atoms with Gasteiger partial charge in [-0.1, -0.05) is 66.6 Å². The van der Waals surface area contributed by atoms with Crippen molar-refractivity contribution in [1.82, 2.24) is 4.98 Å². The molecule has 1 fully saturated rings. The van der Waals surface area contributed by atoms with Crippen molar-refractivity contribution in [2.75, 3.05) is 5.32 Å². The molecule has 0 unspecified atom stereocenters. The van der Waals surface area contributed by atoms with E-state index in [0.29, 0.717) is 11.0 Å². The molecule has 0 saturated heterocycles. The van der Waals surface area contributed by atoms with Gasteiger partial charge in [0.05, 0.1) is 16.1 Å². The van der Waals surface area contributed by atoms with Crippen LogP contribution in [0.25, 0.3) is 10.2 Å². The van der Waals surface area contributed by atoms with E-state index in [4.69, 9.17) is 0 Å². The second-order valence-electron chi connectivity index (χ2n) is 6.41. The topological polar surface area (TPSA) is 42.0 Å². The molecule has 24 heavy (non-hydrogen) atoms. The summed E-state index contributed by atoms with van der Waals surface area (Å²) in [5.41, 5.74) is 2.05. The molecule has 3 nitrogen and oxygen atoms in total. The van der Waals surface area contributed by atoms with E-state index in [0.717, 1.165) is 28.6 Å². The average molecular weight is 336 g/mol. The Labute approximate surface area is 145 Å². The van der Waals surface area contributed by atoms with Gasteiger partial charge in [0.2, 0.25) is 5.91 Å². The third kappa shape index (κ3) is 3.06. The Morgan fingerprint density at radius 1 is 1.04 bits per heavy atom. The van der Waals surface area contributed by atoms with Crippen LogP contribution in [0.2, 0.25) is 0 Å². The van der Waals surface area contributed by atoms with Gasteiger partial charge in [0.1, 0.15) is 0 Å². The molecule has 1 heterocycles. The number of fused-ring (bicyclic) bond motifs is 1. The van der Waals surface area contributed by atoms with Crippen molar-refractivity contribution in [2.45, 2.75) is 31.6 Å². The van der Waals surface area contributed by atoms with Gasteiger partial charge in [-0.05, 0) is 36.5 Å². The molecule has 122 valence electrons. The molecule has 3 aromatic rings. The molecular weight excluding hydrogens is 316 g/mol. The minimum Gasteiger partial charge on any atom is -0.301 e. The fraction of sp³-hybridized carbons (Fsp3) is 0.300. The van der Waals surface area contributed by atoms with Crippen molar-refractivity contribution >= 4 is 32.6 Å². The maximum absolute atomic E-state index is 13.0. The standard InChI is InChI=1S/C20H20N2OS/c23-19(22-20-21-16-12-6-7-13-17(16)24-20)18(15-10-4-5-11-15)14-8-2-1-3-9-14/h1-3,6-9,12-13,15,18H,4-5,10-11H2,(H,21,22,23)/t18-/m1/s1. The van der Waals surface area contributed by atoms with Crippen LogP contribution >= 0.6 is 11.3 Å². The van der Waals surface area contributed by atoms with Gasteiger partial charge < -0.3 is 5.32 Å². The minimum absolute atomic E-state index is 0.0761. The summed E-state index contributed by atoms with van der Waals surface area (Å²) in [6.45, 7) is 0. The molecule has 4 heteroatoms. The monoisotopic (exact) mass is 336 g/mol. The van der Waals surface area contributed by atoms with Crippen molar-refractivity contribution in [3.8, 4) is 0 Å². The molecule has 1 N–H and O–H groups in total. The lowest BCUT2D eigenvalue weighted by atomic mass is 9.84. The van der Waals surface area contributed by atoms with Crippen LogP contribution in [0.4, 0.5) is 5.13 Å². The number of para-hydroxylation sites is 1. The normalized spacial score (nSPS) is 16.3. The van der Waals surface area contributed by atoms with Crippen LogP contribution in [0, 0.1) is 5.92 Å². The highest BCUT2D eigenvalue weighted by Crippen LogP contribution is 2.38. The molecule has 0 aliphatic heterocycles. The summed E-state index contributed by atoms with van der Waals surface area (Å²) in [5, 5.41) is 3.77. The SMILES string of the molecule is O=C(Nc1nc2ccccc2s1)[C@H](c1ccccc1)C1CCCC1. The molecule has 1 amide bonds. The highest BCUT2D eigenvalue weighted by Gasteiger charge is 2.32. The van der Waals surface area contributed by atoms with Crippen LogP contribution in [-0.2, 0) is 4.79 Å². The van der Waals surface area contributed by atoms with Crippen LogP contribution < -0.4 is 5.32 Å². The molecule has 1 atom stereocenters. The van der Waals surface area contributed by atoms with Gasteiger partial charge in [-0.3, -0.25) is 4.79 Å². The Bertz CT molecular complexity index is 804. The first-order valence-electron chi connectivity index (χ1n) is 8.52. The number of aromatic nitrogens is 1. The van der Waals surface area contributed by atoms with Crippen LogP contribution in [0.15, 0.2) is 54.6 Å². The molecule has 0 spiro atoms. The lowest BCUT2D eigenvalue weighted by Crippen LogP contribution is -2.26. The highest BCUT2D eigenvalue weighted by atomic mass is 32.1.